The molecule has 0 atom stereocenters. The van der Waals surface area contributed by atoms with E-state index >= 15 is 0 Å². The summed E-state index contributed by atoms with van der Waals surface area (Å²) in [6.07, 6.45) is 2.03. The van der Waals surface area contributed by atoms with Crippen molar-refractivity contribution < 1.29 is 19.0 Å². The molecule has 38 heavy (non-hydrogen) atoms. The zero-order chi connectivity index (χ0) is 27.4. The number of hydrogen-bond acceptors (Lipinski definition) is 9. The second-order valence-electron chi connectivity index (χ2n) is 8.59. The zero-order valence-corrected chi connectivity index (χ0v) is 22.9. The van der Waals surface area contributed by atoms with E-state index in [0.717, 1.165) is 24.3 Å². The van der Waals surface area contributed by atoms with E-state index < -0.39 is 0 Å². The number of nitrogens with zero attached hydrogens (tertiary/aromatic N) is 5. The predicted molar refractivity (Wildman–Crippen MR) is 148 cm³/mol. The van der Waals surface area contributed by atoms with Gasteiger partial charge in [-0.25, -0.2) is 9.98 Å². The molecule has 1 aliphatic rings. The zero-order valence-electron chi connectivity index (χ0n) is 22.1. The summed E-state index contributed by atoms with van der Waals surface area (Å²) in [4.78, 5) is 30.5. The van der Waals surface area contributed by atoms with Crippen LogP contribution >= 0.6 is 11.6 Å². The Labute approximate surface area is 227 Å². The van der Waals surface area contributed by atoms with Crippen LogP contribution in [0.2, 0.25) is 5.02 Å². The first kappa shape index (κ1) is 27.2. The Balaban J connectivity index is 1.65. The summed E-state index contributed by atoms with van der Waals surface area (Å²) in [5, 5.41) is 0.509. The number of ether oxygens (including phenoxy) is 3. The van der Waals surface area contributed by atoms with Gasteiger partial charge >= 0.3 is 0 Å². The first-order chi connectivity index (χ1) is 18.3. The lowest BCUT2D eigenvalue weighted by Crippen LogP contribution is -2.41. The molecule has 0 unspecified atom stereocenters. The molecule has 0 radical (unpaired) electrons. The highest BCUT2D eigenvalue weighted by Gasteiger charge is 2.35. The normalized spacial score (nSPS) is 13.8. The SMILES string of the molecule is CCN(CC)CN1C(=O)C(=Nc2ncc(Cc3cc(OC)c(OC)c(OC)c3)c(N)n2)c2cc(Cl)ccc21. The highest BCUT2D eigenvalue weighted by molar-refractivity contribution is 6.55. The van der Waals surface area contributed by atoms with Crippen molar-refractivity contribution in [2.75, 3.05) is 51.7 Å². The molecule has 0 aliphatic carbocycles. The van der Waals surface area contributed by atoms with Gasteiger partial charge in [0.15, 0.2) is 11.5 Å². The summed E-state index contributed by atoms with van der Waals surface area (Å²) in [6.45, 7) is 6.16. The molecule has 11 heteroatoms. The molecule has 0 saturated heterocycles. The summed E-state index contributed by atoms with van der Waals surface area (Å²) in [5.41, 5.74) is 9.46. The van der Waals surface area contributed by atoms with Gasteiger partial charge in [-0.15, -0.1) is 0 Å². The second kappa shape index (κ2) is 11.7. The van der Waals surface area contributed by atoms with Gasteiger partial charge in [0, 0.05) is 28.8 Å². The van der Waals surface area contributed by atoms with E-state index in [1.54, 1.807) is 44.6 Å². The fourth-order valence-corrected chi connectivity index (χ4v) is 4.49. The quantitative estimate of drug-likeness (QED) is 0.410. The molecule has 0 saturated carbocycles. The lowest BCUT2D eigenvalue weighted by atomic mass is 10.1. The van der Waals surface area contributed by atoms with Crippen LogP contribution in [0.4, 0.5) is 17.5 Å². The van der Waals surface area contributed by atoms with Crippen LogP contribution in [-0.4, -0.2) is 67.6 Å². The van der Waals surface area contributed by atoms with E-state index in [9.17, 15) is 4.79 Å². The Kier molecular flexibility index (Phi) is 8.33. The molecular weight excluding hydrogens is 508 g/mol. The van der Waals surface area contributed by atoms with Gasteiger partial charge < -0.3 is 19.9 Å². The number of hydrogen-bond donors (Lipinski definition) is 1. The number of aliphatic imine (C=N–C) groups is 1. The first-order valence-corrected chi connectivity index (χ1v) is 12.5. The van der Waals surface area contributed by atoms with Crippen molar-refractivity contribution in [2.45, 2.75) is 20.3 Å². The summed E-state index contributed by atoms with van der Waals surface area (Å²) in [7, 11) is 4.67. The molecule has 10 nitrogen and oxygen atoms in total. The van der Waals surface area contributed by atoms with Crippen molar-refractivity contribution in [3.63, 3.8) is 0 Å². The van der Waals surface area contributed by atoms with Gasteiger partial charge in [-0.2, -0.15) is 4.98 Å². The third-order valence-corrected chi connectivity index (χ3v) is 6.64. The van der Waals surface area contributed by atoms with Gasteiger partial charge in [0.1, 0.15) is 11.5 Å². The van der Waals surface area contributed by atoms with Gasteiger partial charge in [0.05, 0.1) is 33.7 Å². The van der Waals surface area contributed by atoms with Crippen LogP contribution in [0.3, 0.4) is 0 Å². The average molecular weight is 539 g/mol. The average Bonchev–Trinajstić information content (AvgIpc) is 3.17. The van der Waals surface area contributed by atoms with Crippen molar-refractivity contribution in [2.24, 2.45) is 4.99 Å². The minimum atomic E-state index is -0.238. The van der Waals surface area contributed by atoms with Crippen LogP contribution in [0, 0.1) is 0 Å². The molecule has 2 aromatic carbocycles. The number of aromatic nitrogens is 2. The maximum atomic E-state index is 13.4. The van der Waals surface area contributed by atoms with E-state index in [1.807, 2.05) is 18.2 Å². The summed E-state index contributed by atoms with van der Waals surface area (Å²) >= 11 is 6.26. The molecule has 1 amide bonds. The second-order valence-corrected chi connectivity index (χ2v) is 9.03. The minimum Gasteiger partial charge on any atom is -0.493 e. The van der Waals surface area contributed by atoms with Crippen molar-refractivity contribution in [3.8, 4) is 17.2 Å². The van der Waals surface area contributed by atoms with E-state index in [4.69, 9.17) is 31.5 Å². The van der Waals surface area contributed by atoms with Crippen LogP contribution in [-0.2, 0) is 11.2 Å². The lowest BCUT2D eigenvalue weighted by molar-refractivity contribution is -0.112. The number of anilines is 2. The van der Waals surface area contributed by atoms with Gasteiger partial charge in [-0.3, -0.25) is 14.6 Å². The number of fused-ring (bicyclic) bond motifs is 1. The first-order valence-electron chi connectivity index (χ1n) is 12.2. The molecule has 0 bridgehead atoms. The molecule has 1 aliphatic heterocycles. The number of nitrogens with two attached hydrogens (primary N) is 1. The van der Waals surface area contributed by atoms with Gasteiger partial charge in [-0.1, -0.05) is 25.4 Å². The summed E-state index contributed by atoms with van der Waals surface area (Å²) in [6, 6.07) is 9.02. The number of methoxy groups -OCH3 is 3. The van der Waals surface area contributed by atoms with Crippen LogP contribution < -0.4 is 24.8 Å². The lowest BCUT2D eigenvalue weighted by Gasteiger charge is -2.25. The van der Waals surface area contributed by atoms with Gasteiger partial charge in [0.2, 0.25) is 5.75 Å². The fourth-order valence-electron chi connectivity index (χ4n) is 4.32. The summed E-state index contributed by atoms with van der Waals surface area (Å²) in [5.74, 6) is 1.69. The van der Waals surface area contributed by atoms with E-state index in [1.165, 1.54) is 0 Å². The molecule has 4 rings (SSSR count). The van der Waals surface area contributed by atoms with Gasteiger partial charge in [-0.05, 0) is 49.0 Å². The molecule has 0 fully saturated rings. The number of halogens is 1. The number of benzene rings is 2. The monoisotopic (exact) mass is 538 g/mol. The maximum Gasteiger partial charge on any atom is 0.278 e. The molecule has 2 heterocycles. The van der Waals surface area contributed by atoms with E-state index in [-0.39, 0.29) is 23.4 Å². The topological polar surface area (TPSA) is 115 Å². The largest absolute Gasteiger partial charge is 0.493 e. The highest BCUT2D eigenvalue weighted by atomic mass is 35.5. The van der Waals surface area contributed by atoms with Crippen molar-refractivity contribution in [3.05, 3.63) is 58.2 Å². The van der Waals surface area contributed by atoms with Crippen LogP contribution in [0.5, 0.6) is 17.2 Å². The summed E-state index contributed by atoms with van der Waals surface area (Å²) < 4.78 is 16.3. The standard InChI is InChI=1S/C27H31ClN6O4/c1-6-33(7-2)15-34-20-9-8-18(28)13-19(20)23(26(34)35)31-27-30-14-17(25(29)32-27)10-16-11-21(36-3)24(38-5)22(12-16)37-4/h8-9,11-14H,6-7,10,15H2,1-5H3,(H2,29,30,32). The van der Waals surface area contributed by atoms with Crippen molar-refractivity contribution in [1.82, 2.24) is 14.9 Å². The number of rotatable bonds is 10. The Bertz CT molecular complexity index is 1350. The Morgan fingerprint density at radius 1 is 1.05 bits per heavy atom. The molecule has 3 aromatic rings. The molecular formula is C27H31ClN6O4. The fraction of sp³-hybridized carbons (Fsp3) is 0.333. The Hall–Kier alpha value is -3.89. The molecule has 2 N–H and O–H groups in total. The van der Waals surface area contributed by atoms with Crippen molar-refractivity contribution in [1.29, 1.82) is 0 Å². The Morgan fingerprint density at radius 2 is 1.74 bits per heavy atom. The van der Waals surface area contributed by atoms with Crippen LogP contribution in [0.15, 0.2) is 41.5 Å². The highest BCUT2D eigenvalue weighted by Crippen LogP contribution is 2.39. The van der Waals surface area contributed by atoms with E-state index in [2.05, 4.69) is 33.7 Å². The number of carbonyl (C=O) groups is 1. The number of carbonyl (C=O) groups excluding carboxylic acids is 1. The molecule has 200 valence electrons. The maximum absolute atomic E-state index is 13.4. The van der Waals surface area contributed by atoms with Crippen LogP contribution in [0.1, 0.15) is 30.5 Å². The van der Waals surface area contributed by atoms with Crippen LogP contribution in [0.25, 0.3) is 0 Å². The number of nitrogen functional groups attached to an aromatic ring is 1. The third kappa shape index (κ3) is 5.36. The number of amides is 1. The Morgan fingerprint density at radius 3 is 2.32 bits per heavy atom. The minimum absolute atomic E-state index is 0.0927. The smallest absolute Gasteiger partial charge is 0.278 e. The van der Waals surface area contributed by atoms with Crippen molar-refractivity contribution >= 4 is 40.7 Å². The molecule has 1 aromatic heterocycles. The van der Waals surface area contributed by atoms with Gasteiger partial charge in [0.25, 0.3) is 11.9 Å². The van der Waals surface area contributed by atoms with E-state index in [0.29, 0.717) is 46.5 Å². The molecule has 0 spiro atoms. The predicted octanol–water partition coefficient (Wildman–Crippen LogP) is 4.10. The third-order valence-electron chi connectivity index (χ3n) is 6.40.